The summed E-state index contributed by atoms with van der Waals surface area (Å²) in [7, 11) is 1.34. The Morgan fingerprint density at radius 3 is 2.52 bits per heavy atom. The Morgan fingerprint density at radius 1 is 0.968 bits per heavy atom. The van der Waals surface area contributed by atoms with Crippen molar-refractivity contribution in [3.8, 4) is 17.2 Å². The Bertz CT molecular complexity index is 1290. The molecule has 0 aliphatic heterocycles. The van der Waals surface area contributed by atoms with Crippen molar-refractivity contribution in [1.82, 2.24) is 0 Å². The van der Waals surface area contributed by atoms with E-state index >= 15 is 0 Å². The molecule has 0 fully saturated rings. The van der Waals surface area contributed by atoms with Crippen LogP contribution in [0.2, 0.25) is 0 Å². The Kier molecular flexibility index (Phi) is 5.71. The second-order valence-electron chi connectivity index (χ2n) is 6.98. The number of carbonyl (C=O) groups excluding carboxylic acids is 1. The molecule has 0 aliphatic rings. The molecule has 4 rings (SSSR count). The Balaban J connectivity index is 1.49. The first-order chi connectivity index (χ1) is 15.0. The molecule has 0 amide bonds. The third-order valence-electron chi connectivity index (χ3n) is 4.71. The topological polar surface area (TPSA) is 75.0 Å². The number of fused-ring (bicyclic) bond motifs is 1. The maximum absolute atomic E-state index is 12.8. The SMILES string of the molecule is COC(=O)c1ccc(COc2ccc3c(=O)c(Oc4cccc(C)c4)coc3c2)cc1. The minimum Gasteiger partial charge on any atom is -0.489 e. The average Bonchev–Trinajstić information content (AvgIpc) is 2.79. The Hall–Kier alpha value is -4.06. The molecule has 6 heteroatoms. The van der Waals surface area contributed by atoms with E-state index in [1.54, 1.807) is 48.5 Å². The standard InChI is InChI=1S/C25H20O6/c1-16-4-3-5-20(12-16)31-23-15-30-22-13-19(10-11-21(22)24(23)26)29-14-17-6-8-18(9-7-17)25(27)28-2/h3-13,15H,14H2,1-2H3. The van der Waals surface area contributed by atoms with E-state index in [4.69, 9.17) is 13.9 Å². The van der Waals surface area contributed by atoms with Gasteiger partial charge in [-0.15, -0.1) is 0 Å². The molecule has 0 saturated heterocycles. The van der Waals surface area contributed by atoms with Gasteiger partial charge in [0.05, 0.1) is 18.1 Å². The molecule has 31 heavy (non-hydrogen) atoms. The predicted octanol–water partition coefficient (Wildman–Crippen LogP) is 5.26. The molecular formula is C25H20O6. The van der Waals surface area contributed by atoms with Crippen LogP contribution in [0.15, 0.2) is 82.2 Å². The average molecular weight is 416 g/mol. The van der Waals surface area contributed by atoms with Crippen molar-refractivity contribution in [2.75, 3.05) is 7.11 Å². The van der Waals surface area contributed by atoms with Crippen molar-refractivity contribution >= 4 is 16.9 Å². The van der Waals surface area contributed by atoms with Gasteiger partial charge in [-0.2, -0.15) is 0 Å². The van der Waals surface area contributed by atoms with Crippen molar-refractivity contribution in [1.29, 1.82) is 0 Å². The van der Waals surface area contributed by atoms with Gasteiger partial charge < -0.3 is 18.6 Å². The zero-order valence-electron chi connectivity index (χ0n) is 17.1. The fourth-order valence-corrected chi connectivity index (χ4v) is 3.08. The molecule has 6 nitrogen and oxygen atoms in total. The largest absolute Gasteiger partial charge is 0.489 e. The summed E-state index contributed by atoms with van der Waals surface area (Å²) in [5, 5.41) is 0.403. The fraction of sp³-hybridized carbons (Fsp3) is 0.120. The number of hydrogen-bond donors (Lipinski definition) is 0. The minimum atomic E-state index is -0.386. The van der Waals surface area contributed by atoms with E-state index < -0.39 is 0 Å². The molecule has 0 saturated carbocycles. The molecule has 4 aromatic rings. The summed E-state index contributed by atoms with van der Waals surface area (Å²) in [4.78, 5) is 24.3. The van der Waals surface area contributed by atoms with Gasteiger partial charge in [-0.05, 0) is 54.4 Å². The highest BCUT2D eigenvalue weighted by atomic mass is 16.5. The van der Waals surface area contributed by atoms with E-state index in [0.717, 1.165) is 11.1 Å². The van der Waals surface area contributed by atoms with Crippen LogP contribution in [-0.2, 0) is 11.3 Å². The van der Waals surface area contributed by atoms with Gasteiger partial charge in [0, 0.05) is 6.07 Å². The number of rotatable bonds is 6. The van der Waals surface area contributed by atoms with Crippen molar-refractivity contribution in [3.05, 3.63) is 99.9 Å². The van der Waals surface area contributed by atoms with Crippen molar-refractivity contribution in [2.45, 2.75) is 13.5 Å². The highest BCUT2D eigenvalue weighted by Gasteiger charge is 2.11. The molecule has 0 radical (unpaired) electrons. The summed E-state index contributed by atoms with van der Waals surface area (Å²) in [6, 6.07) is 19.4. The highest BCUT2D eigenvalue weighted by Crippen LogP contribution is 2.25. The normalized spacial score (nSPS) is 10.6. The van der Waals surface area contributed by atoms with E-state index in [-0.39, 0.29) is 17.1 Å². The van der Waals surface area contributed by atoms with Gasteiger partial charge in [-0.3, -0.25) is 4.79 Å². The molecule has 3 aromatic carbocycles. The smallest absolute Gasteiger partial charge is 0.337 e. The molecule has 156 valence electrons. The Labute approximate surface area is 178 Å². The number of carbonyl (C=O) groups is 1. The summed E-state index contributed by atoms with van der Waals surface area (Å²) in [5.74, 6) is 0.866. The molecular weight excluding hydrogens is 396 g/mol. The minimum absolute atomic E-state index is 0.123. The molecule has 0 spiro atoms. The van der Waals surface area contributed by atoms with Crippen LogP contribution in [0.1, 0.15) is 21.5 Å². The third-order valence-corrected chi connectivity index (χ3v) is 4.71. The highest BCUT2D eigenvalue weighted by molar-refractivity contribution is 5.89. The van der Waals surface area contributed by atoms with Crippen molar-refractivity contribution < 1.29 is 23.4 Å². The number of ether oxygens (including phenoxy) is 3. The number of benzene rings is 3. The first-order valence-corrected chi connectivity index (χ1v) is 9.63. The molecule has 0 unspecified atom stereocenters. The van der Waals surface area contributed by atoms with Crippen molar-refractivity contribution in [3.63, 3.8) is 0 Å². The number of esters is 1. The van der Waals surface area contributed by atoms with Crippen LogP contribution in [0.5, 0.6) is 17.2 Å². The summed E-state index contributed by atoms with van der Waals surface area (Å²) in [5.41, 5.74) is 2.54. The molecule has 0 bridgehead atoms. The lowest BCUT2D eigenvalue weighted by Crippen LogP contribution is -2.05. The van der Waals surface area contributed by atoms with Crippen LogP contribution in [0, 0.1) is 6.92 Å². The summed E-state index contributed by atoms with van der Waals surface area (Å²) in [6.07, 6.45) is 1.31. The van der Waals surface area contributed by atoms with Gasteiger partial charge in [-0.25, -0.2) is 4.79 Å². The second kappa shape index (κ2) is 8.75. The van der Waals surface area contributed by atoms with Gasteiger partial charge in [-0.1, -0.05) is 24.3 Å². The van der Waals surface area contributed by atoms with Crippen LogP contribution in [0.3, 0.4) is 0 Å². The van der Waals surface area contributed by atoms with Gasteiger partial charge in [0.15, 0.2) is 0 Å². The van der Waals surface area contributed by atoms with E-state index in [2.05, 4.69) is 4.74 Å². The molecule has 0 N–H and O–H groups in total. The Morgan fingerprint density at radius 2 is 1.77 bits per heavy atom. The lowest BCUT2D eigenvalue weighted by atomic mass is 10.1. The lowest BCUT2D eigenvalue weighted by molar-refractivity contribution is 0.0600. The van der Waals surface area contributed by atoms with Crippen molar-refractivity contribution in [2.24, 2.45) is 0 Å². The zero-order chi connectivity index (χ0) is 21.8. The van der Waals surface area contributed by atoms with Gasteiger partial charge in [0.1, 0.15) is 30.0 Å². The fourth-order valence-electron chi connectivity index (χ4n) is 3.08. The van der Waals surface area contributed by atoms with E-state index in [1.165, 1.54) is 13.4 Å². The quantitative estimate of drug-likeness (QED) is 0.399. The maximum atomic E-state index is 12.8. The lowest BCUT2D eigenvalue weighted by Gasteiger charge is -2.09. The maximum Gasteiger partial charge on any atom is 0.337 e. The first-order valence-electron chi connectivity index (χ1n) is 9.63. The molecule has 1 heterocycles. The third kappa shape index (κ3) is 4.59. The first kappa shape index (κ1) is 20.2. The molecule has 1 aromatic heterocycles. The van der Waals surface area contributed by atoms with Crippen LogP contribution in [-0.4, -0.2) is 13.1 Å². The number of methoxy groups -OCH3 is 1. The van der Waals surface area contributed by atoms with Crippen LogP contribution >= 0.6 is 0 Å². The second-order valence-corrected chi connectivity index (χ2v) is 6.98. The van der Waals surface area contributed by atoms with Crippen LogP contribution in [0.25, 0.3) is 11.0 Å². The van der Waals surface area contributed by atoms with Crippen LogP contribution < -0.4 is 14.9 Å². The predicted molar refractivity (Wildman–Crippen MR) is 116 cm³/mol. The molecule has 0 atom stereocenters. The summed E-state index contributed by atoms with van der Waals surface area (Å²) < 4.78 is 21.8. The van der Waals surface area contributed by atoms with Gasteiger partial charge in [0.25, 0.3) is 0 Å². The van der Waals surface area contributed by atoms with Crippen LogP contribution in [0.4, 0.5) is 0 Å². The van der Waals surface area contributed by atoms with E-state index in [0.29, 0.717) is 34.6 Å². The summed E-state index contributed by atoms with van der Waals surface area (Å²) >= 11 is 0. The van der Waals surface area contributed by atoms with Gasteiger partial charge >= 0.3 is 5.97 Å². The van der Waals surface area contributed by atoms with E-state index in [1.807, 2.05) is 25.1 Å². The summed E-state index contributed by atoms with van der Waals surface area (Å²) in [6.45, 7) is 2.25. The number of hydrogen-bond acceptors (Lipinski definition) is 6. The molecule has 0 aliphatic carbocycles. The number of aryl methyl sites for hydroxylation is 1. The monoisotopic (exact) mass is 416 g/mol. The van der Waals surface area contributed by atoms with E-state index in [9.17, 15) is 9.59 Å². The zero-order valence-corrected chi connectivity index (χ0v) is 17.1. The van der Waals surface area contributed by atoms with Gasteiger partial charge in [0.2, 0.25) is 11.2 Å².